The molecular formula is C17H22N4OS. The van der Waals surface area contributed by atoms with E-state index in [9.17, 15) is 4.79 Å². The molecule has 3 fully saturated rings. The van der Waals surface area contributed by atoms with Gasteiger partial charge >= 0.3 is 0 Å². The number of hydrogen-bond donors (Lipinski definition) is 2. The van der Waals surface area contributed by atoms with Gasteiger partial charge in [0, 0.05) is 35.4 Å². The van der Waals surface area contributed by atoms with Gasteiger partial charge in [0.1, 0.15) is 5.69 Å². The summed E-state index contributed by atoms with van der Waals surface area (Å²) in [5.41, 5.74) is 0.519. The van der Waals surface area contributed by atoms with Crippen molar-refractivity contribution in [1.29, 1.82) is 0 Å². The van der Waals surface area contributed by atoms with Crippen LogP contribution in [0.15, 0.2) is 18.3 Å². The van der Waals surface area contributed by atoms with Crippen LogP contribution in [0.1, 0.15) is 30.3 Å². The number of amides is 1. The molecule has 3 saturated heterocycles. The average Bonchev–Trinajstić information content (AvgIpc) is 3.00. The molecule has 2 aromatic rings. The van der Waals surface area contributed by atoms with E-state index in [1.165, 1.54) is 25.9 Å². The van der Waals surface area contributed by atoms with Crippen LogP contribution >= 0.6 is 11.3 Å². The van der Waals surface area contributed by atoms with Gasteiger partial charge in [-0.15, -0.1) is 11.3 Å². The quantitative estimate of drug-likeness (QED) is 0.908. The van der Waals surface area contributed by atoms with E-state index >= 15 is 0 Å². The Bertz CT molecular complexity index is 733. The van der Waals surface area contributed by atoms with Crippen LogP contribution in [0, 0.1) is 5.92 Å². The summed E-state index contributed by atoms with van der Waals surface area (Å²) in [7, 11) is 1.90. The van der Waals surface area contributed by atoms with Crippen molar-refractivity contribution >= 4 is 32.3 Å². The van der Waals surface area contributed by atoms with Crippen LogP contribution in [0.5, 0.6) is 0 Å². The van der Waals surface area contributed by atoms with Gasteiger partial charge in [0.2, 0.25) is 0 Å². The summed E-state index contributed by atoms with van der Waals surface area (Å²) >= 11 is 1.65. The molecule has 3 aliphatic rings. The van der Waals surface area contributed by atoms with Crippen molar-refractivity contribution in [2.75, 3.05) is 25.5 Å². The number of hydrogen-bond acceptors (Lipinski definition) is 5. The summed E-state index contributed by atoms with van der Waals surface area (Å²) in [6.07, 6.45) is 4.18. The standard InChI is InChI=1S/C17H22N4OS/c1-10-16(11-3-5-21(10)6-4-11)20-17(22)13-8-14-12(9-19-13)7-15(18-2)23-14/h7-11,16,18H,3-6H2,1-2H3,(H,20,22)/t10-,16-/m0/s1. The molecular weight excluding hydrogens is 308 g/mol. The van der Waals surface area contributed by atoms with Gasteiger partial charge in [0.05, 0.1) is 5.00 Å². The topological polar surface area (TPSA) is 57.3 Å². The Balaban J connectivity index is 1.54. The maximum Gasteiger partial charge on any atom is 0.270 e. The fourth-order valence-corrected chi connectivity index (χ4v) is 4.88. The van der Waals surface area contributed by atoms with Crippen molar-refractivity contribution in [1.82, 2.24) is 15.2 Å². The first kappa shape index (κ1) is 14.9. The number of carbonyl (C=O) groups is 1. The fourth-order valence-electron chi connectivity index (χ4n) is 3.95. The van der Waals surface area contributed by atoms with Crippen molar-refractivity contribution < 1.29 is 4.79 Å². The third kappa shape index (κ3) is 2.60. The largest absolute Gasteiger partial charge is 0.380 e. The average molecular weight is 330 g/mol. The smallest absolute Gasteiger partial charge is 0.270 e. The number of rotatable bonds is 3. The third-order valence-electron chi connectivity index (χ3n) is 5.36. The second-order valence-electron chi connectivity index (χ2n) is 6.58. The Morgan fingerprint density at radius 3 is 2.83 bits per heavy atom. The highest BCUT2D eigenvalue weighted by molar-refractivity contribution is 7.22. The molecule has 0 aliphatic carbocycles. The van der Waals surface area contributed by atoms with Crippen LogP contribution < -0.4 is 10.6 Å². The van der Waals surface area contributed by atoms with Crippen molar-refractivity contribution in [3.63, 3.8) is 0 Å². The molecule has 122 valence electrons. The van der Waals surface area contributed by atoms with Gasteiger partial charge in [-0.3, -0.25) is 14.7 Å². The lowest BCUT2D eigenvalue weighted by Gasteiger charge is -2.49. The number of fused-ring (bicyclic) bond motifs is 4. The van der Waals surface area contributed by atoms with E-state index in [0.717, 1.165) is 15.1 Å². The lowest BCUT2D eigenvalue weighted by atomic mass is 9.79. The molecule has 5 heterocycles. The summed E-state index contributed by atoms with van der Waals surface area (Å²) in [6, 6.07) is 4.64. The molecule has 0 saturated carbocycles. The zero-order chi connectivity index (χ0) is 16.0. The molecule has 23 heavy (non-hydrogen) atoms. The third-order valence-corrected chi connectivity index (χ3v) is 6.47. The van der Waals surface area contributed by atoms with Gasteiger partial charge in [-0.25, -0.2) is 0 Å². The van der Waals surface area contributed by atoms with Gasteiger partial charge in [-0.05, 0) is 50.9 Å². The number of nitrogens with one attached hydrogen (secondary N) is 2. The van der Waals surface area contributed by atoms with Gasteiger partial charge < -0.3 is 10.6 Å². The first-order chi connectivity index (χ1) is 11.2. The Morgan fingerprint density at radius 1 is 1.35 bits per heavy atom. The van der Waals surface area contributed by atoms with Gasteiger partial charge in [-0.1, -0.05) is 0 Å². The molecule has 0 aromatic carbocycles. The number of anilines is 1. The number of aromatic nitrogens is 1. The van der Waals surface area contributed by atoms with E-state index in [2.05, 4.69) is 33.5 Å². The number of nitrogens with zero attached hydrogens (tertiary/aromatic N) is 2. The molecule has 0 unspecified atom stereocenters. The van der Waals surface area contributed by atoms with Crippen molar-refractivity contribution in [2.45, 2.75) is 31.8 Å². The summed E-state index contributed by atoms with van der Waals surface area (Å²) in [5.74, 6) is 0.567. The molecule has 2 bridgehead atoms. The van der Waals surface area contributed by atoms with Crippen LogP contribution in [0.3, 0.4) is 0 Å². The molecule has 5 rings (SSSR count). The van der Waals surface area contributed by atoms with Crippen LogP contribution in [0.25, 0.3) is 10.1 Å². The highest BCUT2D eigenvalue weighted by Gasteiger charge is 2.40. The molecule has 2 aromatic heterocycles. The van der Waals surface area contributed by atoms with E-state index in [-0.39, 0.29) is 11.9 Å². The van der Waals surface area contributed by atoms with Gasteiger partial charge in [0.25, 0.3) is 5.91 Å². The molecule has 6 heteroatoms. The molecule has 2 N–H and O–H groups in total. The monoisotopic (exact) mass is 330 g/mol. The zero-order valence-electron chi connectivity index (χ0n) is 13.5. The highest BCUT2D eigenvalue weighted by Crippen LogP contribution is 2.33. The van der Waals surface area contributed by atoms with Crippen LogP contribution in [0.2, 0.25) is 0 Å². The number of piperidine rings is 3. The zero-order valence-corrected chi connectivity index (χ0v) is 14.3. The Kier molecular flexibility index (Phi) is 3.73. The van der Waals surface area contributed by atoms with Crippen molar-refractivity contribution in [3.05, 3.63) is 24.0 Å². The normalized spacial score (nSPS) is 29.7. The molecule has 2 atom stereocenters. The fraction of sp³-hybridized carbons (Fsp3) is 0.529. The number of carbonyl (C=O) groups excluding carboxylic acids is 1. The summed E-state index contributed by atoms with van der Waals surface area (Å²) in [4.78, 5) is 19.5. The van der Waals surface area contributed by atoms with E-state index in [1.54, 1.807) is 17.5 Å². The van der Waals surface area contributed by atoms with E-state index in [4.69, 9.17) is 0 Å². The summed E-state index contributed by atoms with van der Waals surface area (Å²) < 4.78 is 1.09. The maximum absolute atomic E-state index is 12.7. The van der Waals surface area contributed by atoms with E-state index < -0.39 is 0 Å². The lowest BCUT2D eigenvalue weighted by Crippen LogP contribution is -2.62. The van der Waals surface area contributed by atoms with E-state index in [1.807, 2.05) is 13.1 Å². The Labute approximate surface area is 140 Å². The second-order valence-corrected chi connectivity index (χ2v) is 7.67. The molecule has 0 spiro atoms. The minimum absolute atomic E-state index is 0.0445. The second kappa shape index (κ2) is 5.76. The molecule has 0 radical (unpaired) electrons. The van der Waals surface area contributed by atoms with Crippen molar-refractivity contribution in [3.8, 4) is 0 Å². The Morgan fingerprint density at radius 2 is 2.13 bits per heavy atom. The lowest BCUT2D eigenvalue weighted by molar-refractivity contribution is 0.0216. The van der Waals surface area contributed by atoms with Gasteiger partial charge in [-0.2, -0.15) is 0 Å². The van der Waals surface area contributed by atoms with Crippen LogP contribution in [-0.2, 0) is 0 Å². The highest BCUT2D eigenvalue weighted by atomic mass is 32.1. The first-order valence-electron chi connectivity index (χ1n) is 8.28. The van der Waals surface area contributed by atoms with Gasteiger partial charge in [0.15, 0.2) is 0 Å². The van der Waals surface area contributed by atoms with E-state index in [0.29, 0.717) is 17.7 Å². The minimum atomic E-state index is -0.0445. The van der Waals surface area contributed by atoms with Crippen LogP contribution in [0.4, 0.5) is 5.00 Å². The SMILES string of the molecule is CNc1cc2cnc(C(=O)N[C@@H]3C4CCN(CC4)[C@H]3C)cc2s1. The molecule has 1 amide bonds. The first-order valence-corrected chi connectivity index (χ1v) is 9.09. The minimum Gasteiger partial charge on any atom is -0.380 e. The summed E-state index contributed by atoms with van der Waals surface area (Å²) in [6.45, 7) is 4.57. The number of pyridine rings is 1. The van der Waals surface area contributed by atoms with Crippen LogP contribution in [-0.4, -0.2) is 48.0 Å². The predicted molar refractivity (Wildman–Crippen MR) is 94.2 cm³/mol. The predicted octanol–water partition coefficient (Wildman–Crippen LogP) is 2.55. The maximum atomic E-state index is 12.7. The molecule has 5 nitrogen and oxygen atoms in total. The van der Waals surface area contributed by atoms with Crippen molar-refractivity contribution in [2.24, 2.45) is 5.92 Å². The Hall–Kier alpha value is -1.66. The number of thiophene rings is 1. The molecule has 3 aliphatic heterocycles. The summed E-state index contributed by atoms with van der Waals surface area (Å²) in [5, 5.41) is 8.55.